The average molecular weight is 367 g/mol. The van der Waals surface area contributed by atoms with Gasteiger partial charge in [-0.1, -0.05) is 26.0 Å². The van der Waals surface area contributed by atoms with Crippen LogP contribution in [0.15, 0.2) is 47.5 Å². The molecule has 0 aliphatic carbocycles. The zero-order valence-electron chi connectivity index (χ0n) is 15.3. The lowest BCUT2D eigenvalue weighted by molar-refractivity contribution is -0.384. The van der Waals surface area contributed by atoms with E-state index in [4.69, 9.17) is 4.74 Å². The first-order valence-electron chi connectivity index (χ1n) is 8.77. The highest BCUT2D eigenvalue weighted by atomic mass is 16.6. The Labute approximate surface area is 157 Å². The van der Waals surface area contributed by atoms with E-state index in [0.717, 1.165) is 0 Å². The number of benzodiazepines with no additional fused rings is 1. The van der Waals surface area contributed by atoms with Crippen LogP contribution in [0, 0.1) is 10.1 Å². The lowest BCUT2D eigenvalue weighted by Crippen LogP contribution is -2.36. The van der Waals surface area contributed by atoms with Crippen LogP contribution in [0.4, 0.5) is 11.4 Å². The predicted molar refractivity (Wildman–Crippen MR) is 104 cm³/mol. The van der Waals surface area contributed by atoms with Crippen molar-refractivity contribution in [3.05, 3.63) is 63.7 Å². The molecule has 1 heterocycles. The standard InChI is InChI=1S/C20H21N3O4/c1-14(2)15-3-6-18(7-4-15)27-13-20(24)22-10-9-21-12-16-11-17(23(25)26)5-8-19(16)22/h3-8,11-12,14H,9-10,13H2,1-2H3. The molecule has 7 heteroatoms. The number of hydrogen-bond acceptors (Lipinski definition) is 5. The molecule has 1 amide bonds. The van der Waals surface area contributed by atoms with Gasteiger partial charge in [-0.05, 0) is 29.7 Å². The summed E-state index contributed by atoms with van der Waals surface area (Å²) in [6, 6.07) is 12.1. The summed E-state index contributed by atoms with van der Waals surface area (Å²) in [5, 5.41) is 11.0. The van der Waals surface area contributed by atoms with E-state index in [-0.39, 0.29) is 18.2 Å². The quantitative estimate of drug-likeness (QED) is 0.597. The molecular weight excluding hydrogens is 346 g/mol. The van der Waals surface area contributed by atoms with Crippen molar-refractivity contribution >= 4 is 23.5 Å². The monoisotopic (exact) mass is 367 g/mol. The third kappa shape index (κ3) is 4.31. The summed E-state index contributed by atoms with van der Waals surface area (Å²) in [5.74, 6) is 0.838. The van der Waals surface area contributed by atoms with Crippen molar-refractivity contribution < 1.29 is 14.5 Å². The molecule has 1 aliphatic heterocycles. The van der Waals surface area contributed by atoms with Gasteiger partial charge in [0, 0.05) is 30.5 Å². The number of non-ortho nitro benzene ring substituents is 1. The van der Waals surface area contributed by atoms with Gasteiger partial charge in [-0.25, -0.2) is 0 Å². The fourth-order valence-electron chi connectivity index (χ4n) is 2.88. The average Bonchev–Trinajstić information content (AvgIpc) is 2.88. The van der Waals surface area contributed by atoms with E-state index in [1.165, 1.54) is 17.7 Å². The molecule has 0 aromatic heterocycles. The third-order valence-corrected chi connectivity index (χ3v) is 4.41. The van der Waals surface area contributed by atoms with E-state index >= 15 is 0 Å². The molecule has 27 heavy (non-hydrogen) atoms. The smallest absolute Gasteiger partial charge is 0.270 e. The van der Waals surface area contributed by atoms with Crippen molar-refractivity contribution in [2.75, 3.05) is 24.6 Å². The number of ether oxygens (including phenoxy) is 1. The number of nitrogens with zero attached hydrogens (tertiary/aromatic N) is 3. The summed E-state index contributed by atoms with van der Waals surface area (Å²) in [6.45, 7) is 4.94. The van der Waals surface area contributed by atoms with Crippen molar-refractivity contribution in [1.29, 1.82) is 0 Å². The van der Waals surface area contributed by atoms with Gasteiger partial charge in [-0.15, -0.1) is 0 Å². The molecule has 140 valence electrons. The number of hydrogen-bond donors (Lipinski definition) is 0. The molecule has 0 atom stereocenters. The van der Waals surface area contributed by atoms with Crippen LogP contribution in [0.25, 0.3) is 0 Å². The first-order chi connectivity index (χ1) is 13.0. The molecule has 0 bridgehead atoms. The molecule has 1 aliphatic rings. The van der Waals surface area contributed by atoms with E-state index < -0.39 is 4.92 Å². The van der Waals surface area contributed by atoms with Crippen molar-refractivity contribution in [2.45, 2.75) is 19.8 Å². The Morgan fingerprint density at radius 1 is 1.26 bits per heavy atom. The van der Waals surface area contributed by atoms with Crippen LogP contribution in [0.3, 0.4) is 0 Å². The molecule has 0 saturated carbocycles. The number of nitro benzene ring substituents is 1. The number of carbonyl (C=O) groups is 1. The van der Waals surface area contributed by atoms with E-state index in [9.17, 15) is 14.9 Å². The van der Waals surface area contributed by atoms with Gasteiger partial charge in [-0.3, -0.25) is 19.9 Å². The van der Waals surface area contributed by atoms with Crippen LogP contribution in [0.2, 0.25) is 0 Å². The highest BCUT2D eigenvalue weighted by Gasteiger charge is 2.22. The Bertz CT molecular complexity index is 875. The Hall–Kier alpha value is -3.22. The number of amides is 1. The summed E-state index contributed by atoms with van der Waals surface area (Å²) in [5.41, 5.74) is 2.33. The van der Waals surface area contributed by atoms with Crippen molar-refractivity contribution in [1.82, 2.24) is 0 Å². The van der Waals surface area contributed by atoms with E-state index in [0.29, 0.717) is 36.0 Å². The Kier molecular flexibility index (Phi) is 5.49. The fraction of sp³-hybridized carbons (Fsp3) is 0.300. The second-order valence-corrected chi connectivity index (χ2v) is 6.59. The third-order valence-electron chi connectivity index (χ3n) is 4.41. The van der Waals surface area contributed by atoms with Gasteiger partial charge in [-0.2, -0.15) is 0 Å². The van der Waals surface area contributed by atoms with Crippen LogP contribution in [-0.2, 0) is 4.79 Å². The normalized spacial score (nSPS) is 13.2. The number of nitro groups is 1. The maximum absolute atomic E-state index is 12.7. The molecule has 7 nitrogen and oxygen atoms in total. The number of rotatable bonds is 5. The van der Waals surface area contributed by atoms with Gasteiger partial charge >= 0.3 is 0 Å². The molecule has 0 unspecified atom stereocenters. The Balaban J connectivity index is 1.73. The summed E-state index contributed by atoms with van der Waals surface area (Å²) >= 11 is 0. The zero-order chi connectivity index (χ0) is 19.4. The van der Waals surface area contributed by atoms with E-state index in [2.05, 4.69) is 18.8 Å². The number of anilines is 1. The Morgan fingerprint density at radius 3 is 2.67 bits per heavy atom. The Morgan fingerprint density at radius 2 is 2.00 bits per heavy atom. The summed E-state index contributed by atoms with van der Waals surface area (Å²) in [6.07, 6.45) is 1.57. The van der Waals surface area contributed by atoms with Crippen LogP contribution < -0.4 is 9.64 Å². The zero-order valence-corrected chi connectivity index (χ0v) is 15.3. The SMILES string of the molecule is CC(C)c1ccc(OCC(=O)N2CCN=Cc3cc([N+](=O)[O-])ccc32)cc1. The number of benzene rings is 2. The molecule has 2 aromatic carbocycles. The minimum Gasteiger partial charge on any atom is -0.484 e. The summed E-state index contributed by atoms with van der Waals surface area (Å²) < 4.78 is 5.63. The second-order valence-electron chi connectivity index (χ2n) is 6.59. The number of fused-ring (bicyclic) bond motifs is 1. The van der Waals surface area contributed by atoms with Crippen LogP contribution in [0.5, 0.6) is 5.75 Å². The fourth-order valence-corrected chi connectivity index (χ4v) is 2.88. The first-order valence-corrected chi connectivity index (χ1v) is 8.77. The molecule has 0 N–H and O–H groups in total. The van der Waals surface area contributed by atoms with Gasteiger partial charge in [0.05, 0.1) is 17.2 Å². The minimum atomic E-state index is -0.463. The minimum absolute atomic E-state index is 0.0315. The van der Waals surface area contributed by atoms with Crippen LogP contribution >= 0.6 is 0 Å². The molecule has 0 radical (unpaired) electrons. The van der Waals surface area contributed by atoms with Gasteiger partial charge in [0.25, 0.3) is 11.6 Å². The number of aliphatic imine (C=N–C) groups is 1. The summed E-state index contributed by atoms with van der Waals surface area (Å²) in [7, 11) is 0. The van der Waals surface area contributed by atoms with Gasteiger partial charge < -0.3 is 9.64 Å². The van der Waals surface area contributed by atoms with Gasteiger partial charge in [0.15, 0.2) is 6.61 Å². The van der Waals surface area contributed by atoms with Crippen molar-refractivity contribution in [2.24, 2.45) is 4.99 Å². The molecule has 2 aromatic rings. The lowest BCUT2D eigenvalue weighted by atomic mass is 10.0. The lowest BCUT2D eigenvalue weighted by Gasteiger charge is -2.22. The van der Waals surface area contributed by atoms with E-state index in [1.807, 2.05) is 24.3 Å². The molecular formula is C20H21N3O4. The largest absolute Gasteiger partial charge is 0.484 e. The molecule has 3 rings (SSSR count). The van der Waals surface area contributed by atoms with Gasteiger partial charge in [0.1, 0.15) is 5.75 Å². The highest BCUT2D eigenvalue weighted by molar-refractivity contribution is 6.01. The molecule has 0 spiro atoms. The van der Waals surface area contributed by atoms with Crippen molar-refractivity contribution in [3.8, 4) is 5.75 Å². The topological polar surface area (TPSA) is 85.0 Å². The molecule has 0 fully saturated rings. The van der Waals surface area contributed by atoms with Crippen LogP contribution in [0.1, 0.15) is 30.9 Å². The van der Waals surface area contributed by atoms with Crippen LogP contribution in [-0.4, -0.2) is 36.7 Å². The van der Waals surface area contributed by atoms with E-state index in [1.54, 1.807) is 17.2 Å². The van der Waals surface area contributed by atoms with Crippen molar-refractivity contribution in [3.63, 3.8) is 0 Å². The van der Waals surface area contributed by atoms with Gasteiger partial charge in [0.2, 0.25) is 0 Å². The predicted octanol–water partition coefficient (Wildman–Crippen LogP) is 3.56. The summed E-state index contributed by atoms with van der Waals surface area (Å²) in [4.78, 5) is 29.0. The second kappa shape index (κ2) is 7.99. The maximum atomic E-state index is 12.7. The maximum Gasteiger partial charge on any atom is 0.270 e. The highest BCUT2D eigenvalue weighted by Crippen LogP contribution is 2.26. The number of carbonyl (C=O) groups excluding carboxylic acids is 1. The molecule has 0 saturated heterocycles. The first kappa shape index (κ1) is 18.6.